The predicted octanol–water partition coefficient (Wildman–Crippen LogP) is 4.12. The number of hydrogen-bond acceptors (Lipinski definition) is 5. The molecule has 0 aliphatic rings. The molecule has 3 aromatic rings. The SMILES string of the molecule is CC(C)n1nc(-c2ccc(OCCCN)nc2-c2ccccc2)ccc1=O.Cl.Cl. The molecule has 6 nitrogen and oxygen atoms in total. The van der Waals surface area contributed by atoms with Crippen molar-refractivity contribution in [1.29, 1.82) is 0 Å². The molecule has 0 fully saturated rings. The maximum atomic E-state index is 12.1. The molecule has 0 saturated carbocycles. The fourth-order valence-corrected chi connectivity index (χ4v) is 2.74. The molecule has 0 aliphatic heterocycles. The van der Waals surface area contributed by atoms with Crippen molar-refractivity contribution < 1.29 is 4.74 Å². The zero-order valence-electron chi connectivity index (χ0n) is 16.4. The Morgan fingerprint density at radius 2 is 1.76 bits per heavy atom. The van der Waals surface area contributed by atoms with Gasteiger partial charge in [0.15, 0.2) is 0 Å². The molecular formula is C21H26Cl2N4O2. The predicted molar refractivity (Wildman–Crippen MR) is 121 cm³/mol. The van der Waals surface area contributed by atoms with Crippen LogP contribution in [0.3, 0.4) is 0 Å². The Hall–Kier alpha value is -2.41. The number of benzene rings is 1. The number of aromatic nitrogens is 3. The molecular weight excluding hydrogens is 411 g/mol. The highest BCUT2D eigenvalue weighted by atomic mass is 35.5. The van der Waals surface area contributed by atoms with Gasteiger partial charge in [-0.15, -0.1) is 24.8 Å². The Morgan fingerprint density at radius 3 is 2.41 bits per heavy atom. The molecule has 8 heteroatoms. The summed E-state index contributed by atoms with van der Waals surface area (Å²) in [5, 5.41) is 4.54. The van der Waals surface area contributed by atoms with Crippen molar-refractivity contribution in [3.05, 3.63) is 65.0 Å². The van der Waals surface area contributed by atoms with E-state index >= 15 is 0 Å². The maximum Gasteiger partial charge on any atom is 0.267 e. The van der Waals surface area contributed by atoms with Gasteiger partial charge in [-0.05, 0) is 38.9 Å². The minimum Gasteiger partial charge on any atom is -0.478 e. The molecule has 1 aromatic carbocycles. The van der Waals surface area contributed by atoms with Crippen LogP contribution in [0, 0.1) is 0 Å². The van der Waals surface area contributed by atoms with E-state index in [-0.39, 0.29) is 36.4 Å². The van der Waals surface area contributed by atoms with E-state index in [1.165, 1.54) is 4.68 Å². The highest BCUT2D eigenvalue weighted by Gasteiger charge is 2.14. The summed E-state index contributed by atoms with van der Waals surface area (Å²) in [4.78, 5) is 16.8. The minimum absolute atomic E-state index is 0. The first-order valence-electron chi connectivity index (χ1n) is 9.09. The number of nitrogens with zero attached hydrogens (tertiary/aromatic N) is 3. The van der Waals surface area contributed by atoms with E-state index in [0.29, 0.717) is 24.7 Å². The Balaban J connectivity index is 0.00000210. The van der Waals surface area contributed by atoms with Gasteiger partial charge in [-0.3, -0.25) is 4.79 Å². The van der Waals surface area contributed by atoms with E-state index in [4.69, 9.17) is 15.5 Å². The summed E-state index contributed by atoms with van der Waals surface area (Å²) >= 11 is 0. The summed E-state index contributed by atoms with van der Waals surface area (Å²) in [6, 6.07) is 16.9. The monoisotopic (exact) mass is 436 g/mol. The van der Waals surface area contributed by atoms with Crippen LogP contribution < -0.4 is 16.0 Å². The number of rotatable bonds is 7. The van der Waals surface area contributed by atoms with Gasteiger partial charge in [0.2, 0.25) is 5.88 Å². The maximum absolute atomic E-state index is 12.1. The van der Waals surface area contributed by atoms with Gasteiger partial charge >= 0.3 is 0 Å². The van der Waals surface area contributed by atoms with E-state index in [2.05, 4.69) is 5.10 Å². The Kier molecular flexibility index (Phi) is 9.81. The second-order valence-corrected chi connectivity index (χ2v) is 6.50. The van der Waals surface area contributed by atoms with Crippen LogP contribution in [0.15, 0.2) is 59.4 Å². The van der Waals surface area contributed by atoms with E-state index in [1.54, 1.807) is 12.1 Å². The van der Waals surface area contributed by atoms with Crippen molar-refractivity contribution >= 4 is 24.8 Å². The molecule has 0 unspecified atom stereocenters. The minimum atomic E-state index is -0.121. The lowest BCUT2D eigenvalue weighted by atomic mass is 10.0. The van der Waals surface area contributed by atoms with Gasteiger partial charge in [0.05, 0.1) is 24.0 Å². The molecule has 156 valence electrons. The normalized spacial score (nSPS) is 10.2. The van der Waals surface area contributed by atoms with Crippen molar-refractivity contribution in [3.63, 3.8) is 0 Å². The largest absolute Gasteiger partial charge is 0.478 e. The summed E-state index contributed by atoms with van der Waals surface area (Å²) < 4.78 is 7.20. The third-order valence-corrected chi connectivity index (χ3v) is 4.11. The van der Waals surface area contributed by atoms with Gasteiger partial charge in [-0.2, -0.15) is 5.10 Å². The van der Waals surface area contributed by atoms with Crippen molar-refractivity contribution in [2.45, 2.75) is 26.3 Å². The van der Waals surface area contributed by atoms with Gasteiger partial charge in [0.1, 0.15) is 0 Å². The average molecular weight is 437 g/mol. The lowest BCUT2D eigenvalue weighted by Crippen LogP contribution is -2.24. The molecule has 2 heterocycles. The number of halogens is 2. The first kappa shape index (κ1) is 24.6. The van der Waals surface area contributed by atoms with Crippen LogP contribution in [0.4, 0.5) is 0 Å². The smallest absolute Gasteiger partial charge is 0.267 e. The van der Waals surface area contributed by atoms with Gasteiger partial charge in [0.25, 0.3) is 5.56 Å². The second-order valence-electron chi connectivity index (χ2n) is 6.50. The van der Waals surface area contributed by atoms with Crippen LogP contribution in [0.5, 0.6) is 5.88 Å². The van der Waals surface area contributed by atoms with Gasteiger partial charge in [-0.1, -0.05) is 30.3 Å². The van der Waals surface area contributed by atoms with E-state index in [9.17, 15) is 4.79 Å². The molecule has 0 saturated heterocycles. The van der Waals surface area contributed by atoms with Gasteiger partial charge in [0, 0.05) is 23.3 Å². The molecule has 2 N–H and O–H groups in total. The Bertz CT molecular complexity index is 962. The van der Waals surface area contributed by atoms with Crippen molar-refractivity contribution in [2.24, 2.45) is 5.73 Å². The van der Waals surface area contributed by atoms with E-state index in [1.807, 2.05) is 56.3 Å². The number of ether oxygens (including phenoxy) is 1. The van der Waals surface area contributed by atoms with Crippen LogP contribution in [0.1, 0.15) is 26.3 Å². The standard InChI is InChI=1S/C21H24N4O2.2ClH/c1-15(2)25-20(26)12-10-18(24-25)17-9-11-19(27-14-6-13-22)23-21(17)16-7-4-3-5-8-16;;/h3-5,7-12,15H,6,13-14,22H2,1-2H3;2*1H. The summed E-state index contributed by atoms with van der Waals surface area (Å²) in [5.41, 5.74) is 8.68. The molecule has 0 atom stereocenters. The fourth-order valence-electron chi connectivity index (χ4n) is 2.74. The summed E-state index contributed by atoms with van der Waals surface area (Å²) in [5.74, 6) is 0.545. The molecule has 29 heavy (non-hydrogen) atoms. The summed E-state index contributed by atoms with van der Waals surface area (Å²) in [6.07, 6.45) is 0.769. The molecule has 0 spiro atoms. The molecule has 2 aromatic heterocycles. The van der Waals surface area contributed by atoms with Crippen LogP contribution >= 0.6 is 24.8 Å². The molecule has 0 radical (unpaired) electrons. The zero-order chi connectivity index (χ0) is 19.2. The fraction of sp³-hybridized carbons (Fsp3) is 0.286. The molecule has 0 bridgehead atoms. The third kappa shape index (κ3) is 6.03. The van der Waals surface area contributed by atoms with E-state index < -0.39 is 0 Å². The average Bonchev–Trinajstić information content (AvgIpc) is 2.69. The van der Waals surface area contributed by atoms with Crippen LogP contribution in [-0.4, -0.2) is 27.9 Å². The molecule has 3 rings (SSSR count). The number of pyridine rings is 1. The van der Waals surface area contributed by atoms with Crippen molar-refractivity contribution in [3.8, 4) is 28.4 Å². The first-order valence-corrected chi connectivity index (χ1v) is 9.09. The number of nitrogens with two attached hydrogens (primary N) is 1. The van der Waals surface area contributed by atoms with Gasteiger partial charge in [-0.25, -0.2) is 9.67 Å². The Morgan fingerprint density at radius 1 is 1.03 bits per heavy atom. The lowest BCUT2D eigenvalue weighted by molar-refractivity contribution is 0.302. The lowest BCUT2D eigenvalue weighted by Gasteiger charge is -2.14. The van der Waals surface area contributed by atoms with E-state index in [0.717, 1.165) is 23.2 Å². The number of hydrogen-bond donors (Lipinski definition) is 1. The van der Waals surface area contributed by atoms with Crippen LogP contribution in [-0.2, 0) is 0 Å². The van der Waals surface area contributed by atoms with Crippen LogP contribution in [0.25, 0.3) is 22.5 Å². The third-order valence-electron chi connectivity index (χ3n) is 4.11. The quantitative estimate of drug-likeness (QED) is 0.562. The van der Waals surface area contributed by atoms with Crippen molar-refractivity contribution in [1.82, 2.24) is 14.8 Å². The van der Waals surface area contributed by atoms with Crippen molar-refractivity contribution in [2.75, 3.05) is 13.2 Å². The molecule has 0 amide bonds. The topological polar surface area (TPSA) is 83.0 Å². The highest BCUT2D eigenvalue weighted by molar-refractivity contribution is 5.85. The Labute approximate surface area is 182 Å². The summed E-state index contributed by atoms with van der Waals surface area (Å²) in [7, 11) is 0. The zero-order valence-corrected chi connectivity index (χ0v) is 18.1. The highest BCUT2D eigenvalue weighted by Crippen LogP contribution is 2.31. The summed E-state index contributed by atoms with van der Waals surface area (Å²) in [6.45, 7) is 4.96. The second kappa shape index (κ2) is 11.6. The van der Waals surface area contributed by atoms with Gasteiger partial charge < -0.3 is 10.5 Å². The molecule has 0 aliphatic carbocycles. The van der Waals surface area contributed by atoms with Crippen LogP contribution in [0.2, 0.25) is 0 Å². The first-order chi connectivity index (χ1) is 13.1.